The zero-order valence-corrected chi connectivity index (χ0v) is 13.6. The molecule has 3 N–H and O–H groups in total. The highest BCUT2D eigenvalue weighted by Gasteiger charge is 2.29. The predicted octanol–water partition coefficient (Wildman–Crippen LogP) is 1.95. The molecule has 0 atom stereocenters. The number of carbonyl (C=O) groups excluding carboxylic acids is 1. The van der Waals surface area contributed by atoms with E-state index in [1.165, 1.54) is 32.1 Å². The van der Waals surface area contributed by atoms with Crippen molar-refractivity contribution in [3.05, 3.63) is 35.4 Å². The Morgan fingerprint density at radius 3 is 2.43 bits per heavy atom. The Labute approximate surface area is 138 Å². The third-order valence-corrected chi connectivity index (χ3v) is 5.08. The summed E-state index contributed by atoms with van der Waals surface area (Å²) in [5.74, 6) is 0.311. The number of piperazine rings is 1. The molecule has 1 heterocycles. The van der Waals surface area contributed by atoms with Crippen molar-refractivity contribution >= 4 is 11.7 Å². The molecule has 1 saturated carbocycles. The smallest absolute Gasteiger partial charge is 0.237 e. The molecule has 1 amide bonds. The van der Waals surface area contributed by atoms with Crippen LogP contribution >= 0.6 is 0 Å². The molecular weight excluding hydrogens is 288 g/mol. The fraction of sp³-hybridized carbons (Fsp3) is 0.556. The quantitative estimate of drug-likeness (QED) is 0.659. The Kier molecular flexibility index (Phi) is 4.96. The summed E-state index contributed by atoms with van der Waals surface area (Å²) in [6.07, 6.45) is 6.46. The van der Waals surface area contributed by atoms with E-state index in [0.717, 1.165) is 24.2 Å². The van der Waals surface area contributed by atoms with Crippen LogP contribution in [0.3, 0.4) is 0 Å². The number of rotatable bonds is 4. The molecular formula is C18H26N4O. The van der Waals surface area contributed by atoms with Gasteiger partial charge in [-0.1, -0.05) is 43.5 Å². The first-order valence-electron chi connectivity index (χ1n) is 8.58. The van der Waals surface area contributed by atoms with Crippen LogP contribution in [-0.2, 0) is 11.3 Å². The van der Waals surface area contributed by atoms with E-state index in [4.69, 9.17) is 11.1 Å². The summed E-state index contributed by atoms with van der Waals surface area (Å²) in [7, 11) is 0. The van der Waals surface area contributed by atoms with Crippen LogP contribution in [0.25, 0.3) is 0 Å². The number of amides is 1. The maximum atomic E-state index is 12.5. The Morgan fingerprint density at radius 1 is 1.13 bits per heavy atom. The average molecular weight is 314 g/mol. The van der Waals surface area contributed by atoms with Crippen LogP contribution in [0.2, 0.25) is 0 Å². The normalized spacial score (nSPS) is 20.7. The molecule has 2 aliphatic rings. The molecule has 1 saturated heterocycles. The lowest BCUT2D eigenvalue weighted by molar-refractivity contribution is -0.138. The van der Waals surface area contributed by atoms with Gasteiger partial charge in [0.15, 0.2) is 0 Å². The molecule has 5 nitrogen and oxygen atoms in total. The van der Waals surface area contributed by atoms with Crippen molar-refractivity contribution in [1.29, 1.82) is 5.41 Å². The van der Waals surface area contributed by atoms with Gasteiger partial charge >= 0.3 is 0 Å². The van der Waals surface area contributed by atoms with Crippen LogP contribution in [0, 0.1) is 5.41 Å². The molecule has 0 bridgehead atoms. The second-order valence-electron chi connectivity index (χ2n) is 6.69. The Hall–Kier alpha value is -1.88. The summed E-state index contributed by atoms with van der Waals surface area (Å²) in [5.41, 5.74) is 7.29. The van der Waals surface area contributed by atoms with Gasteiger partial charge in [0.1, 0.15) is 5.84 Å². The number of carbonyl (C=O) groups is 1. The lowest BCUT2D eigenvalue weighted by atomic mass is 9.93. The third-order valence-electron chi connectivity index (χ3n) is 5.08. The van der Waals surface area contributed by atoms with Crippen molar-refractivity contribution in [3.63, 3.8) is 0 Å². The van der Waals surface area contributed by atoms with E-state index in [1.807, 2.05) is 29.2 Å². The summed E-state index contributed by atoms with van der Waals surface area (Å²) in [6.45, 7) is 3.01. The predicted molar refractivity (Wildman–Crippen MR) is 91.3 cm³/mol. The average Bonchev–Trinajstić information content (AvgIpc) is 2.58. The largest absolute Gasteiger partial charge is 0.384 e. The summed E-state index contributed by atoms with van der Waals surface area (Å²) in [6, 6.07) is 8.22. The second kappa shape index (κ2) is 7.13. The maximum absolute atomic E-state index is 12.5. The first-order chi connectivity index (χ1) is 11.1. The molecule has 2 fully saturated rings. The highest BCUT2D eigenvalue weighted by molar-refractivity contribution is 5.94. The lowest BCUT2D eigenvalue weighted by Gasteiger charge is -2.40. The first-order valence-corrected chi connectivity index (χ1v) is 8.58. The molecule has 23 heavy (non-hydrogen) atoms. The van der Waals surface area contributed by atoms with Crippen molar-refractivity contribution in [2.24, 2.45) is 5.73 Å². The number of nitrogen functional groups attached to an aromatic ring is 1. The summed E-state index contributed by atoms with van der Waals surface area (Å²) >= 11 is 0. The zero-order valence-electron chi connectivity index (χ0n) is 13.6. The summed E-state index contributed by atoms with van der Waals surface area (Å²) in [4.78, 5) is 16.8. The van der Waals surface area contributed by atoms with E-state index >= 15 is 0 Å². The van der Waals surface area contributed by atoms with E-state index < -0.39 is 0 Å². The minimum atomic E-state index is 0.0775. The standard InChI is InChI=1S/C18H26N4O/c19-18(20)15-8-6-14(7-9-15)12-22-11-10-21(13-17(22)23)16-4-2-1-3-5-16/h6-9,16H,1-5,10-13H2,(H3,19,20). The molecule has 1 aliphatic carbocycles. The Morgan fingerprint density at radius 2 is 1.83 bits per heavy atom. The fourth-order valence-electron chi connectivity index (χ4n) is 3.66. The third kappa shape index (κ3) is 3.91. The van der Waals surface area contributed by atoms with Crippen molar-refractivity contribution in [2.45, 2.75) is 44.7 Å². The van der Waals surface area contributed by atoms with Gasteiger partial charge in [-0.15, -0.1) is 0 Å². The van der Waals surface area contributed by atoms with Crippen molar-refractivity contribution in [2.75, 3.05) is 19.6 Å². The summed E-state index contributed by atoms with van der Waals surface area (Å²) in [5, 5.41) is 7.42. The molecule has 0 spiro atoms. The van der Waals surface area contributed by atoms with Gasteiger partial charge in [0.05, 0.1) is 6.54 Å². The molecule has 1 aromatic carbocycles. The number of nitrogens with zero attached hydrogens (tertiary/aromatic N) is 2. The lowest BCUT2D eigenvalue weighted by Crippen LogP contribution is -2.53. The molecule has 5 heteroatoms. The Bertz CT molecular complexity index is 563. The van der Waals surface area contributed by atoms with Gasteiger partial charge in [0.2, 0.25) is 5.91 Å². The van der Waals surface area contributed by atoms with Crippen LogP contribution in [-0.4, -0.2) is 47.2 Å². The van der Waals surface area contributed by atoms with Crippen LogP contribution < -0.4 is 5.73 Å². The monoisotopic (exact) mass is 314 g/mol. The first kappa shape index (κ1) is 16.0. The topological polar surface area (TPSA) is 73.4 Å². The van der Waals surface area contributed by atoms with E-state index in [0.29, 0.717) is 19.1 Å². The number of hydrogen-bond donors (Lipinski definition) is 2. The number of amidine groups is 1. The van der Waals surface area contributed by atoms with Crippen molar-refractivity contribution < 1.29 is 4.79 Å². The molecule has 0 radical (unpaired) electrons. The van der Waals surface area contributed by atoms with E-state index in [-0.39, 0.29) is 11.7 Å². The number of benzene rings is 1. The van der Waals surface area contributed by atoms with E-state index in [1.54, 1.807) is 0 Å². The fourth-order valence-corrected chi connectivity index (χ4v) is 3.66. The number of hydrogen-bond acceptors (Lipinski definition) is 3. The summed E-state index contributed by atoms with van der Waals surface area (Å²) < 4.78 is 0. The Balaban J connectivity index is 1.55. The van der Waals surface area contributed by atoms with Gasteiger partial charge in [0, 0.05) is 31.2 Å². The van der Waals surface area contributed by atoms with Crippen LogP contribution in [0.5, 0.6) is 0 Å². The van der Waals surface area contributed by atoms with Gasteiger partial charge in [0.25, 0.3) is 0 Å². The van der Waals surface area contributed by atoms with Crippen LogP contribution in [0.15, 0.2) is 24.3 Å². The van der Waals surface area contributed by atoms with Gasteiger partial charge in [-0.25, -0.2) is 0 Å². The molecule has 124 valence electrons. The van der Waals surface area contributed by atoms with E-state index in [9.17, 15) is 4.79 Å². The minimum absolute atomic E-state index is 0.0775. The van der Waals surface area contributed by atoms with E-state index in [2.05, 4.69) is 4.90 Å². The zero-order chi connectivity index (χ0) is 16.2. The maximum Gasteiger partial charge on any atom is 0.237 e. The second-order valence-corrected chi connectivity index (χ2v) is 6.69. The minimum Gasteiger partial charge on any atom is -0.384 e. The molecule has 3 rings (SSSR count). The molecule has 1 aliphatic heterocycles. The van der Waals surface area contributed by atoms with Gasteiger partial charge < -0.3 is 10.6 Å². The van der Waals surface area contributed by atoms with Crippen LogP contribution in [0.4, 0.5) is 0 Å². The number of nitrogens with one attached hydrogen (secondary N) is 1. The number of nitrogens with two attached hydrogens (primary N) is 1. The van der Waals surface area contributed by atoms with Crippen LogP contribution in [0.1, 0.15) is 43.2 Å². The van der Waals surface area contributed by atoms with Gasteiger partial charge in [-0.05, 0) is 18.4 Å². The van der Waals surface area contributed by atoms with Gasteiger partial charge in [-0.2, -0.15) is 0 Å². The molecule has 1 aromatic rings. The molecule has 0 unspecified atom stereocenters. The van der Waals surface area contributed by atoms with Crippen molar-refractivity contribution in [1.82, 2.24) is 9.80 Å². The molecule has 0 aromatic heterocycles. The SMILES string of the molecule is N=C(N)c1ccc(CN2CCN(C3CCCCC3)CC2=O)cc1. The van der Waals surface area contributed by atoms with Crippen molar-refractivity contribution in [3.8, 4) is 0 Å². The highest BCUT2D eigenvalue weighted by atomic mass is 16.2. The van der Waals surface area contributed by atoms with Gasteiger partial charge in [-0.3, -0.25) is 15.1 Å². The highest BCUT2D eigenvalue weighted by Crippen LogP contribution is 2.24.